The molecule has 0 unspecified atom stereocenters. The summed E-state index contributed by atoms with van der Waals surface area (Å²) < 4.78 is 0. The van der Waals surface area contributed by atoms with E-state index < -0.39 is 0 Å². The lowest BCUT2D eigenvalue weighted by molar-refractivity contribution is -0.109. The van der Waals surface area contributed by atoms with Gasteiger partial charge in [-0.2, -0.15) is 0 Å². The van der Waals surface area contributed by atoms with Crippen LogP contribution in [0.4, 0.5) is 0 Å². The maximum Gasteiger partial charge on any atom is 0.120 e. The van der Waals surface area contributed by atoms with Crippen LogP contribution in [0.25, 0.3) is 0 Å². The van der Waals surface area contributed by atoms with E-state index in [-0.39, 0.29) is 10.8 Å². The first kappa shape index (κ1) is 10.5. The van der Waals surface area contributed by atoms with E-state index in [0.29, 0.717) is 6.42 Å². The summed E-state index contributed by atoms with van der Waals surface area (Å²) in [5.41, 5.74) is 1.54. The SMILES string of the molecule is C=C1C(C)(C)CCC[C@]1(C)CC=O. The molecule has 1 aliphatic rings. The van der Waals surface area contributed by atoms with E-state index in [1.807, 2.05) is 0 Å². The van der Waals surface area contributed by atoms with Crippen LogP contribution in [0, 0.1) is 10.8 Å². The highest BCUT2D eigenvalue weighted by Gasteiger charge is 2.39. The molecular formula is C12H20O. The van der Waals surface area contributed by atoms with Crippen LogP contribution in [0.5, 0.6) is 0 Å². The number of allylic oxidation sites excluding steroid dienone is 1. The summed E-state index contributed by atoms with van der Waals surface area (Å²) in [6, 6.07) is 0. The summed E-state index contributed by atoms with van der Waals surface area (Å²) in [6.45, 7) is 10.8. The molecule has 0 aromatic carbocycles. The molecule has 1 aliphatic carbocycles. The van der Waals surface area contributed by atoms with Crippen molar-refractivity contribution in [1.82, 2.24) is 0 Å². The average molecular weight is 180 g/mol. The lowest BCUT2D eigenvalue weighted by atomic mass is 9.60. The number of aldehydes is 1. The van der Waals surface area contributed by atoms with Gasteiger partial charge < -0.3 is 4.79 Å². The van der Waals surface area contributed by atoms with Crippen LogP contribution in [0.1, 0.15) is 46.5 Å². The molecule has 1 nitrogen and oxygen atoms in total. The fourth-order valence-corrected chi connectivity index (χ4v) is 2.45. The largest absolute Gasteiger partial charge is 0.303 e. The van der Waals surface area contributed by atoms with Crippen molar-refractivity contribution >= 4 is 6.29 Å². The fraction of sp³-hybridized carbons (Fsp3) is 0.750. The predicted molar refractivity (Wildman–Crippen MR) is 55.6 cm³/mol. The van der Waals surface area contributed by atoms with Gasteiger partial charge in [0.05, 0.1) is 0 Å². The Morgan fingerprint density at radius 2 is 2.00 bits per heavy atom. The summed E-state index contributed by atoms with van der Waals surface area (Å²) in [5, 5.41) is 0. The molecular weight excluding hydrogens is 160 g/mol. The van der Waals surface area contributed by atoms with Gasteiger partial charge in [0.25, 0.3) is 0 Å². The molecule has 0 radical (unpaired) electrons. The third-order valence-electron chi connectivity index (χ3n) is 3.61. The van der Waals surface area contributed by atoms with Gasteiger partial charge in [0.2, 0.25) is 0 Å². The molecule has 0 spiro atoms. The lowest BCUT2D eigenvalue weighted by Gasteiger charge is -2.44. The maximum atomic E-state index is 10.6. The lowest BCUT2D eigenvalue weighted by Crippen LogP contribution is -2.33. The molecule has 0 saturated heterocycles. The number of rotatable bonds is 2. The molecule has 0 aliphatic heterocycles. The first-order valence-electron chi connectivity index (χ1n) is 5.06. The zero-order valence-corrected chi connectivity index (χ0v) is 9.02. The van der Waals surface area contributed by atoms with Crippen LogP contribution in [-0.2, 0) is 4.79 Å². The summed E-state index contributed by atoms with van der Waals surface area (Å²) >= 11 is 0. The van der Waals surface area contributed by atoms with Gasteiger partial charge in [0.1, 0.15) is 6.29 Å². The van der Waals surface area contributed by atoms with Crippen LogP contribution in [0.15, 0.2) is 12.2 Å². The number of carbonyl (C=O) groups excluding carboxylic acids is 1. The van der Waals surface area contributed by atoms with E-state index in [4.69, 9.17) is 0 Å². The molecule has 1 saturated carbocycles. The van der Waals surface area contributed by atoms with Crippen molar-refractivity contribution in [2.75, 3.05) is 0 Å². The van der Waals surface area contributed by atoms with Crippen LogP contribution in [0.3, 0.4) is 0 Å². The molecule has 74 valence electrons. The van der Waals surface area contributed by atoms with Gasteiger partial charge in [-0.1, -0.05) is 39.3 Å². The first-order chi connectivity index (χ1) is 5.92. The molecule has 0 N–H and O–H groups in total. The zero-order valence-electron chi connectivity index (χ0n) is 9.02. The Hall–Kier alpha value is -0.590. The van der Waals surface area contributed by atoms with Crippen molar-refractivity contribution in [3.05, 3.63) is 12.2 Å². The summed E-state index contributed by atoms with van der Waals surface area (Å²) in [4.78, 5) is 10.6. The highest BCUT2D eigenvalue weighted by Crippen LogP contribution is 2.50. The quantitative estimate of drug-likeness (QED) is 0.470. The van der Waals surface area contributed by atoms with Crippen molar-refractivity contribution in [2.24, 2.45) is 10.8 Å². The van der Waals surface area contributed by atoms with Gasteiger partial charge >= 0.3 is 0 Å². The molecule has 13 heavy (non-hydrogen) atoms. The fourth-order valence-electron chi connectivity index (χ4n) is 2.45. The second kappa shape index (κ2) is 3.28. The Balaban J connectivity index is 2.87. The van der Waals surface area contributed by atoms with Gasteiger partial charge in [-0.3, -0.25) is 0 Å². The van der Waals surface area contributed by atoms with Gasteiger partial charge in [-0.25, -0.2) is 0 Å². The number of carbonyl (C=O) groups is 1. The van der Waals surface area contributed by atoms with E-state index >= 15 is 0 Å². The molecule has 1 heteroatoms. The van der Waals surface area contributed by atoms with Crippen LogP contribution in [-0.4, -0.2) is 6.29 Å². The Labute approximate surface area is 81.2 Å². The second-order valence-corrected chi connectivity index (χ2v) is 5.15. The average Bonchev–Trinajstić information content (AvgIpc) is 2.01. The van der Waals surface area contributed by atoms with Crippen LogP contribution < -0.4 is 0 Å². The van der Waals surface area contributed by atoms with Crippen molar-refractivity contribution in [3.63, 3.8) is 0 Å². The summed E-state index contributed by atoms with van der Waals surface area (Å²) in [6.07, 6.45) is 5.21. The Bertz CT molecular complexity index is 227. The first-order valence-corrected chi connectivity index (χ1v) is 5.06. The van der Waals surface area contributed by atoms with Gasteiger partial charge in [0.15, 0.2) is 0 Å². The minimum atomic E-state index is 0.0590. The monoisotopic (exact) mass is 180 g/mol. The predicted octanol–water partition coefficient (Wildman–Crippen LogP) is 3.35. The Kier molecular flexibility index (Phi) is 2.65. The highest BCUT2D eigenvalue weighted by atomic mass is 16.1. The number of hydrogen-bond acceptors (Lipinski definition) is 1. The minimum Gasteiger partial charge on any atom is -0.303 e. The summed E-state index contributed by atoms with van der Waals surface area (Å²) in [7, 11) is 0. The molecule has 0 bridgehead atoms. The molecule has 0 amide bonds. The maximum absolute atomic E-state index is 10.6. The molecule has 1 fully saturated rings. The molecule has 0 aromatic rings. The van der Waals surface area contributed by atoms with E-state index in [1.165, 1.54) is 18.4 Å². The van der Waals surface area contributed by atoms with Crippen molar-refractivity contribution < 1.29 is 4.79 Å². The molecule has 0 aromatic heterocycles. The summed E-state index contributed by atoms with van der Waals surface area (Å²) in [5.74, 6) is 0. The van der Waals surface area contributed by atoms with Gasteiger partial charge in [0, 0.05) is 6.42 Å². The van der Waals surface area contributed by atoms with Crippen LogP contribution in [0.2, 0.25) is 0 Å². The standard InChI is InChI=1S/C12H20O/c1-10-11(2,3)6-5-7-12(10,4)8-9-13/h9H,1,5-8H2,2-4H3/t12-/m1/s1. The van der Waals surface area contributed by atoms with E-state index in [9.17, 15) is 4.79 Å². The van der Waals surface area contributed by atoms with Crippen LogP contribution >= 0.6 is 0 Å². The van der Waals surface area contributed by atoms with Gasteiger partial charge in [-0.05, 0) is 23.7 Å². The topological polar surface area (TPSA) is 17.1 Å². The molecule has 1 rings (SSSR count). The van der Waals surface area contributed by atoms with E-state index in [1.54, 1.807) is 0 Å². The third kappa shape index (κ3) is 1.84. The van der Waals surface area contributed by atoms with E-state index in [0.717, 1.165) is 12.7 Å². The van der Waals surface area contributed by atoms with Crippen molar-refractivity contribution in [3.8, 4) is 0 Å². The zero-order chi connectivity index (χ0) is 10.1. The Morgan fingerprint density at radius 3 is 2.54 bits per heavy atom. The Morgan fingerprint density at radius 1 is 1.38 bits per heavy atom. The van der Waals surface area contributed by atoms with Gasteiger partial charge in [-0.15, -0.1) is 0 Å². The molecule has 0 heterocycles. The minimum absolute atomic E-state index is 0.0590. The van der Waals surface area contributed by atoms with Crippen molar-refractivity contribution in [1.29, 1.82) is 0 Å². The number of hydrogen-bond donors (Lipinski definition) is 0. The van der Waals surface area contributed by atoms with Crippen molar-refractivity contribution in [2.45, 2.75) is 46.5 Å². The van der Waals surface area contributed by atoms with E-state index in [2.05, 4.69) is 27.4 Å². The second-order valence-electron chi connectivity index (χ2n) is 5.15. The highest BCUT2D eigenvalue weighted by molar-refractivity contribution is 5.52. The molecule has 1 atom stereocenters. The smallest absolute Gasteiger partial charge is 0.120 e. The normalized spacial score (nSPS) is 33.0. The third-order valence-corrected chi connectivity index (χ3v) is 3.61.